The summed E-state index contributed by atoms with van der Waals surface area (Å²) in [5.41, 5.74) is 6.88. The number of unbranched alkanes of at least 4 members (excludes halogenated alkanes) is 3. The lowest BCUT2D eigenvalue weighted by atomic mass is 9.79. The largest absolute Gasteiger partial charge is 0.748 e. The highest BCUT2D eigenvalue weighted by atomic mass is 32.2. The van der Waals surface area contributed by atoms with E-state index in [0.717, 1.165) is 37.2 Å². The minimum atomic E-state index is -4.24. The van der Waals surface area contributed by atoms with Crippen LogP contribution in [-0.2, 0) is 25.7 Å². The lowest BCUT2D eigenvalue weighted by Crippen LogP contribution is -2.28. The minimum absolute atomic E-state index is 0.00863. The van der Waals surface area contributed by atoms with Gasteiger partial charge in [-0.2, -0.15) is 4.58 Å². The first-order chi connectivity index (χ1) is 28.8. The van der Waals surface area contributed by atoms with E-state index >= 15 is 0 Å². The Morgan fingerprint density at radius 2 is 1.37 bits per heavy atom. The quantitative estimate of drug-likeness (QED) is 0.0355. The molecule has 0 aromatic heterocycles. The van der Waals surface area contributed by atoms with Gasteiger partial charge in [0.1, 0.15) is 6.54 Å². The first kappa shape index (κ1) is 43.8. The summed E-state index contributed by atoms with van der Waals surface area (Å²) in [7, 11) is -4.24. The molecule has 4 aromatic carbocycles. The number of hydrogen-bond acceptors (Lipinski definition) is 5. The van der Waals surface area contributed by atoms with Crippen molar-refractivity contribution in [3.8, 4) is 12.3 Å². The van der Waals surface area contributed by atoms with Crippen LogP contribution in [0.3, 0.4) is 0 Å². The van der Waals surface area contributed by atoms with E-state index in [1.54, 1.807) is 0 Å². The molecule has 6 rings (SSSR count). The molecule has 2 heterocycles. The highest BCUT2D eigenvalue weighted by Gasteiger charge is 2.45. The third-order valence-corrected chi connectivity index (χ3v) is 12.4. The summed E-state index contributed by atoms with van der Waals surface area (Å²) in [6, 6.07) is 25.8. The predicted octanol–water partition coefficient (Wildman–Crippen LogP) is 10.5. The Bertz CT molecular complexity index is 2600. The number of allylic oxidation sites excluding steroid dienone is 12. The Hall–Kier alpha value is -5.75. The van der Waals surface area contributed by atoms with E-state index in [0.29, 0.717) is 25.8 Å². The van der Waals surface area contributed by atoms with Crippen molar-refractivity contribution in [2.24, 2.45) is 0 Å². The van der Waals surface area contributed by atoms with Crippen LogP contribution in [0.2, 0.25) is 0 Å². The van der Waals surface area contributed by atoms with Crippen LogP contribution in [0.25, 0.3) is 21.5 Å². The molecule has 0 bridgehead atoms. The van der Waals surface area contributed by atoms with Gasteiger partial charge in [-0.3, -0.25) is 4.79 Å². The molecule has 4 aromatic rings. The molecule has 0 radical (unpaired) electrons. The van der Waals surface area contributed by atoms with Gasteiger partial charge >= 0.3 is 0 Å². The van der Waals surface area contributed by atoms with Crippen molar-refractivity contribution in [3.63, 3.8) is 0 Å². The molecule has 310 valence electrons. The van der Waals surface area contributed by atoms with E-state index in [4.69, 9.17) is 6.42 Å². The summed E-state index contributed by atoms with van der Waals surface area (Å²) in [5, 5.41) is 7.67. The van der Waals surface area contributed by atoms with Crippen molar-refractivity contribution in [2.45, 2.75) is 77.0 Å². The fraction of sp³-hybridized carbons (Fsp3) is 0.308. The Morgan fingerprint density at radius 3 is 2.03 bits per heavy atom. The zero-order valence-corrected chi connectivity index (χ0v) is 36.2. The summed E-state index contributed by atoms with van der Waals surface area (Å²) in [6.07, 6.45) is 32.1. The normalized spacial score (nSPS) is 16.8. The second-order valence-corrected chi connectivity index (χ2v) is 18.0. The van der Waals surface area contributed by atoms with Crippen LogP contribution in [0.4, 0.5) is 11.4 Å². The SMILES string of the molecule is C#CCNC(=O)CCCCC[N+]1=C(/C=C/C=C/C=C/C=C/C=C/C=C2/N(CCCCS(=O)(=O)[O-])c3ccc4ccccc4c3C2(C)C)C(C)(C)c2c1ccc1ccccc21. The van der Waals surface area contributed by atoms with Gasteiger partial charge in [0.05, 0.1) is 22.1 Å². The van der Waals surface area contributed by atoms with Gasteiger partial charge in [0.15, 0.2) is 5.71 Å². The molecule has 0 fully saturated rings. The van der Waals surface area contributed by atoms with Crippen molar-refractivity contribution >= 4 is 54.7 Å². The van der Waals surface area contributed by atoms with Gasteiger partial charge in [-0.25, -0.2) is 8.42 Å². The minimum Gasteiger partial charge on any atom is -0.748 e. The molecule has 0 saturated heterocycles. The monoisotopic (exact) mass is 819 g/mol. The van der Waals surface area contributed by atoms with Crippen molar-refractivity contribution in [3.05, 3.63) is 156 Å². The summed E-state index contributed by atoms with van der Waals surface area (Å²) >= 11 is 0. The fourth-order valence-electron chi connectivity index (χ4n) is 8.81. The van der Waals surface area contributed by atoms with Gasteiger partial charge in [0.2, 0.25) is 11.6 Å². The average molecular weight is 820 g/mol. The second kappa shape index (κ2) is 19.5. The number of rotatable bonds is 18. The summed E-state index contributed by atoms with van der Waals surface area (Å²) in [5.74, 6) is 2.12. The number of hydrogen-bond donors (Lipinski definition) is 1. The van der Waals surface area contributed by atoms with E-state index in [9.17, 15) is 17.8 Å². The van der Waals surface area contributed by atoms with Crippen molar-refractivity contribution in [1.29, 1.82) is 0 Å². The van der Waals surface area contributed by atoms with Crippen LogP contribution in [0, 0.1) is 12.3 Å². The molecule has 2 aliphatic rings. The Labute approximate surface area is 357 Å². The fourth-order valence-corrected chi connectivity index (χ4v) is 9.37. The number of terminal acetylenes is 1. The maximum absolute atomic E-state index is 12.0. The number of carbonyl (C=O) groups is 1. The van der Waals surface area contributed by atoms with Crippen LogP contribution >= 0.6 is 0 Å². The Morgan fingerprint density at radius 1 is 0.750 bits per heavy atom. The molecule has 0 spiro atoms. The number of fused-ring (bicyclic) bond motifs is 6. The molecule has 7 nitrogen and oxygen atoms in total. The topological polar surface area (TPSA) is 92.6 Å². The summed E-state index contributed by atoms with van der Waals surface area (Å²) in [4.78, 5) is 14.3. The first-order valence-electron chi connectivity index (χ1n) is 21.0. The number of carbonyl (C=O) groups excluding carboxylic acids is 1. The third kappa shape index (κ3) is 10.2. The Balaban J connectivity index is 1.12. The number of nitrogens with one attached hydrogen (secondary N) is 1. The van der Waals surface area contributed by atoms with E-state index in [2.05, 4.69) is 152 Å². The predicted molar refractivity (Wildman–Crippen MR) is 249 cm³/mol. The highest BCUT2D eigenvalue weighted by molar-refractivity contribution is 7.85. The summed E-state index contributed by atoms with van der Waals surface area (Å²) in [6.45, 7) is 10.9. The molecule has 0 atom stereocenters. The van der Waals surface area contributed by atoms with Crippen molar-refractivity contribution in [2.75, 3.05) is 30.3 Å². The number of nitrogens with zero attached hydrogens (tertiary/aromatic N) is 2. The molecule has 1 N–H and O–H groups in total. The Kier molecular flexibility index (Phi) is 14.3. The van der Waals surface area contributed by atoms with E-state index in [1.165, 1.54) is 44.1 Å². The van der Waals surface area contributed by atoms with Gasteiger partial charge < -0.3 is 14.8 Å². The van der Waals surface area contributed by atoms with Crippen LogP contribution in [0.1, 0.15) is 77.3 Å². The molecular formula is C52H57N3O4S. The van der Waals surface area contributed by atoms with Crippen LogP contribution in [0.5, 0.6) is 0 Å². The third-order valence-electron chi connectivity index (χ3n) is 11.6. The lowest BCUT2D eigenvalue weighted by molar-refractivity contribution is -0.438. The molecule has 0 saturated carbocycles. The first-order valence-corrected chi connectivity index (χ1v) is 22.6. The van der Waals surface area contributed by atoms with Gasteiger partial charge in [-0.05, 0) is 84.8 Å². The average Bonchev–Trinajstić information content (AvgIpc) is 3.58. The second-order valence-electron chi connectivity index (χ2n) is 16.5. The number of benzene rings is 4. The molecule has 1 amide bonds. The maximum atomic E-state index is 12.0. The van der Waals surface area contributed by atoms with Gasteiger partial charge in [-0.1, -0.05) is 129 Å². The molecule has 8 heteroatoms. The summed E-state index contributed by atoms with van der Waals surface area (Å²) < 4.78 is 36.2. The standard InChI is InChI=1S/C52H57N3O4S/c1-6-36-53-48(56)31-17-14-22-37-54-44-34-32-40-25-18-20-27-42(40)49(44)51(2,3)46(54)29-15-12-10-8-7-9-11-13-16-30-47-52(4,5)50-43-28-21-19-26-41(43)33-35-45(50)55(47)38-23-24-39-60(57,58)59/h1,7-13,15-16,18-21,25-30,32-35H,14,17,22-24,31,36-39H2,2-5H3,(H-,53,56,57,58,59). The van der Waals surface area contributed by atoms with Gasteiger partial charge in [-0.15, -0.1) is 6.42 Å². The molecular weight excluding hydrogens is 763 g/mol. The van der Waals surface area contributed by atoms with Crippen LogP contribution in [0.15, 0.2) is 145 Å². The van der Waals surface area contributed by atoms with Crippen LogP contribution < -0.4 is 10.2 Å². The van der Waals surface area contributed by atoms with Gasteiger partial charge in [0, 0.05) is 59.6 Å². The molecule has 0 aliphatic carbocycles. The van der Waals surface area contributed by atoms with Crippen LogP contribution in [-0.4, -0.2) is 54.6 Å². The molecule has 0 unspecified atom stereocenters. The molecule has 2 aliphatic heterocycles. The zero-order chi connectivity index (χ0) is 42.8. The van der Waals surface area contributed by atoms with E-state index in [1.807, 2.05) is 36.5 Å². The zero-order valence-electron chi connectivity index (χ0n) is 35.4. The van der Waals surface area contributed by atoms with Crippen molar-refractivity contribution < 1.29 is 22.3 Å². The maximum Gasteiger partial charge on any atom is 0.220 e. The van der Waals surface area contributed by atoms with Crippen molar-refractivity contribution in [1.82, 2.24) is 5.32 Å². The lowest BCUT2D eigenvalue weighted by Gasteiger charge is -2.27. The number of amides is 1. The van der Waals surface area contributed by atoms with Gasteiger partial charge in [0.25, 0.3) is 0 Å². The molecule has 60 heavy (non-hydrogen) atoms. The number of anilines is 1. The smallest absolute Gasteiger partial charge is 0.220 e. The van der Waals surface area contributed by atoms with E-state index < -0.39 is 10.1 Å². The van der Waals surface area contributed by atoms with E-state index in [-0.39, 0.29) is 29.0 Å². The highest BCUT2D eigenvalue weighted by Crippen LogP contribution is 2.51.